The summed E-state index contributed by atoms with van der Waals surface area (Å²) < 4.78 is 17.3. The van der Waals surface area contributed by atoms with Crippen LogP contribution in [-0.2, 0) is 0 Å². The quantitative estimate of drug-likeness (QED) is 0.451. The fourth-order valence-corrected chi connectivity index (χ4v) is 2.65. The monoisotopic (exact) mass is 414 g/mol. The maximum atomic E-state index is 6.29. The third kappa shape index (κ3) is 6.01. The van der Waals surface area contributed by atoms with Gasteiger partial charge in [-0.2, -0.15) is 0 Å². The third-order valence-corrected chi connectivity index (χ3v) is 4.13. The minimum atomic E-state index is 0.182. The first-order valence-corrected chi connectivity index (χ1v) is 9.42. The zero-order valence-corrected chi connectivity index (χ0v) is 17.2. The summed E-state index contributed by atoms with van der Waals surface area (Å²) in [5, 5.41) is 0.490. The van der Waals surface area contributed by atoms with E-state index in [-0.39, 0.29) is 10.4 Å². The Morgan fingerprint density at radius 2 is 1.69 bits per heavy atom. The molecule has 0 aromatic heterocycles. The molecule has 26 heavy (non-hydrogen) atoms. The van der Waals surface area contributed by atoms with E-state index in [9.17, 15) is 0 Å². The largest absolute Gasteiger partial charge is 0.494 e. The highest BCUT2D eigenvalue weighted by Gasteiger charge is 2.12. The lowest BCUT2D eigenvalue weighted by molar-refractivity contribution is 0.339. The Balaban J connectivity index is 2.20. The molecule has 0 aliphatic rings. The van der Waals surface area contributed by atoms with E-state index in [1.807, 2.05) is 31.2 Å². The highest BCUT2D eigenvalue weighted by atomic mass is 35.5. The van der Waals surface area contributed by atoms with E-state index in [1.165, 1.54) is 0 Å². The maximum absolute atomic E-state index is 6.29. The SMILES string of the molecule is CCOc1ccc(Oc2ccc(OCC=C(Cl)Cl)c(C(C)C)c2)c(Cl)c1. The number of rotatable bonds is 8. The molecule has 0 N–H and O–H groups in total. The van der Waals surface area contributed by atoms with Gasteiger partial charge in [0.15, 0.2) is 0 Å². The van der Waals surface area contributed by atoms with Crippen LogP contribution in [0.1, 0.15) is 32.3 Å². The highest BCUT2D eigenvalue weighted by Crippen LogP contribution is 2.36. The van der Waals surface area contributed by atoms with Gasteiger partial charge in [-0.05, 0) is 49.2 Å². The second-order valence-corrected chi connectivity index (χ2v) is 7.20. The molecule has 0 heterocycles. The summed E-state index contributed by atoms with van der Waals surface area (Å²) in [5.41, 5.74) is 1.02. The van der Waals surface area contributed by atoms with Crippen molar-refractivity contribution in [2.24, 2.45) is 0 Å². The van der Waals surface area contributed by atoms with Crippen molar-refractivity contribution in [3.63, 3.8) is 0 Å². The molecule has 6 heteroatoms. The van der Waals surface area contributed by atoms with Crippen molar-refractivity contribution in [2.45, 2.75) is 26.7 Å². The van der Waals surface area contributed by atoms with Crippen LogP contribution in [0.25, 0.3) is 0 Å². The van der Waals surface area contributed by atoms with Crippen molar-refractivity contribution in [1.82, 2.24) is 0 Å². The van der Waals surface area contributed by atoms with Crippen LogP contribution in [0.15, 0.2) is 47.0 Å². The average Bonchev–Trinajstić information content (AvgIpc) is 2.58. The molecule has 2 aromatic carbocycles. The van der Waals surface area contributed by atoms with Gasteiger partial charge in [0.25, 0.3) is 0 Å². The molecule has 0 saturated heterocycles. The standard InChI is InChI=1S/C20H21Cl3O3/c1-4-24-14-5-8-19(17(21)12-14)26-15-6-7-18(16(11-15)13(2)3)25-10-9-20(22)23/h5-9,11-13H,4,10H2,1-3H3. The van der Waals surface area contributed by atoms with Gasteiger partial charge < -0.3 is 14.2 Å². The minimum absolute atomic E-state index is 0.182. The van der Waals surface area contributed by atoms with E-state index in [2.05, 4.69) is 13.8 Å². The molecule has 0 fully saturated rings. The smallest absolute Gasteiger partial charge is 0.146 e. The zero-order valence-electron chi connectivity index (χ0n) is 14.9. The molecule has 0 aliphatic carbocycles. The van der Waals surface area contributed by atoms with E-state index in [4.69, 9.17) is 49.0 Å². The molecule has 2 rings (SSSR count). The molecule has 0 unspecified atom stereocenters. The van der Waals surface area contributed by atoms with Crippen molar-refractivity contribution < 1.29 is 14.2 Å². The number of halogens is 3. The van der Waals surface area contributed by atoms with Crippen molar-refractivity contribution >= 4 is 34.8 Å². The van der Waals surface area contributed by atoms with Crippen molar-refractivity contribution in [3.05, 3.63) is 57.6 Å². The van der Waals surface area contributed by atoms with E-state index in [0.29, 0.717) is 35.5 Å². The van der Waals surface area contributed by atoms with Crippen molar-refractivity contribution in [3.8, 4) is 23.0 Å². The first-order chi connectivity index (χ1) is 12.4. The van der Waals surface area contributed by atoms with E-state index < -0.39 is 0 Å². The Morgan fingerprint density at radius 3 is 2.31 bits per heavy atom. The van der Waals surface area contributed by atoms with Gasteiger partial charge in [0, 0.05) is 11.6 Å². The molecule has 3 nitrogen and oxygen atoms in total. The van der Waals surface area contributed by atoms with Gasteiger partial charge in [0.1, 0.15) is 34.1 Å². The van der Waals surface area contributed by atoms with Gasteiger partial charge in [-0.25, -0.2) is 0 Å². The van der Waals surface area contributed by atoms with Crippen LogP contribution < -0.4 is 14.2 Å². The van der Waals surface area contributed by atoms with Crippen LogP contribution in [0.5, 0.6) is 23.0 Å². The zero-order chi connectivity index (χ0) is 19.1. The van der Waals surface area contributed by atoms with Crippen LogP contribution in [-0.4, -0.2) is 13.2 Å². The molecule has 0 amide bonds. The summed E-state index contributed by atoms with van der Waals surface area (Å²) in [4.78, 5) is 0. The molecule has 0 saturated carbocycles. The molecule has 140 valence electrons. The minimum Gasteiger partial charge on any atom is -0.494 e. The summed E-state index contributed by atoms with van der Waals surface area (Å²) in [6.07, 6.45) is 1.59. The predicted molar refractivity (Wildman–Crippen MR) is 109 cm³/mol. The molecule has 0 atom stereocenters. The second-order valence-electron chi connectivity index (χ2n) is 5.79. The number of ether oxygens (including phenoxy) is 3. The molecule has 2 aromatic rings. The van der Waals surface area contributed by atoms with Crippen molar-refractivity contribution in [2.75, 3.05) is 13.2 Å². The summed E-state index contributed by atoms with van der Waals surface area (Å²) in [6, 6.07) is 11.0. The number of hydrogen-bond donors (Lipinski definition) is 0. The topological polar surface area (TPSA) is 27.7 Å². The van der Waals surface area contributed by atoms with E-state index in [0.717, 1.165) is 11.3 Å². The lowest BCUT2D eigenvalue weighted by Gasteiger charge is -2.16. The van der Waals surface area contributed by atoms with Gasteiger partial charge in [0.2, 0.25) is 0 Å². The van der Waals surface area contributed by atoms with Gasteiger partial charge in [0.05, 0.1) is 11.6 Å². The number of hydrogen-bond acceptors (Lipinski definition) is 3. The molecular formula is C20H21Cl3O3. The Kier molecular flexibility index (Phi) is 7.95. The van der Waals surface area contributed by atoms with Crippen LogP contribution in [0.3, 0.4) is 0 Å². The van der Waals surface area contributed by atoms with Crippen LogP contribution in [0.4, 0.5) is 0 Å². The maximum Gasteiger partial charge on any atom is 0.146 e. The fraction of sp³-hybridized carbons (Fsp3) is 0.300. The molecule has 0 radical (unpaired) electrons. The molecule has 0 bridgehead atoms. The van der Waals surface area contributed by atoms with E-state index in [1.54, 1.807) is 18.2 Å². The second kappa shape index (κ2) is 9.96. The molecule has 0 spiro atoms. The molecular weight excluding hydrogens is 395 g/mol. The Hall–Kier alpha value is -1.55. The predicted octanol–water partition coefficient (Wildman–Crippen LogP) is 7.35. The fourth-order valence-electron chi connectivity index (χ4n) is 2.31. The lowest BCUT2D eigenvalue weighted by atomic mass is 10.0. The third-order valence-electron chi connectivity index (χ3n) is 3.52. The Morgan fingerprint density at radius 1 is 1.00 bits per heavy atom. The van der Waals surface area contributed by atoms with Gasteiger partial charge >= 0.3 is 0 Å². The highest BCUT2D eigenvalue weighted by molar-refractivity contribution is 6.55. The van der Waals surface area contributed by atoms with Gasteiger partial charge in [-0.1, -0.05) is 48.7 Å². The first kappa shape index (κ1) is 20.8. The lowest BCUT2D eigenvalue weighted by Crippen LogP contribution is -2.00. The van der Waals surface area contributed by atoms with Crippen LogP contribution >= 0.6 is 34.8 Å². The van der Waals surface area contributed by atoms with Gasteiger partial charge in [-0.15, -0.1) is 0 Å². The van der Waals surface area contributed by atoms with E-state index >= 15 is 0 Å². The van der Waals surface area contributed by atoms with Crippen LogP contribution in [0, 0.1) is 0 Å². The van der Waals surface area contributed by atoms with Crippen molar-refractivity contribution in [1.29, 1.82) is 0 Å². The van der Waals surface area contributed by atoms with Gasteiger partial charge in [-0.3, -0.25) is 0 Å². The summed E-state index contributed by atoms with van der Waals surface area (Å²) in [7, 11) is 0. The van der Waals surface area contributed by atoms with Crippen LogP contribution in [0.2, 0.25) is 5.02 Å². The first-order valence-electron chi connectivity index (χ1n) is 8.28. The summed E-state index contributed by atoms with van der Waals surface area (Å²) in [5.74, 6) is 2.96. The number of benzene rings is 2. The molecule has 0 aliphatic heterocycles. The average molecular weight is 416 g/mol. The Labute approximate surface area is 169 Å². The normalized spacial score (nSPS) is 10.6. The Bertz CT molecular complexity index is 769. The summed E-state index contributed by atoms with van der Waals surface area (Å²) in [6.45, 7) is 6.97. The summed E-state index contributed by atoms with van der Waals surface area (Å²) >= 11 is 17.5.